The predicted octanol–water partition coefficient (Wildman–Crippen LogP) is 1.19. The monoisotopic (exact) mass is 438 g/mol. The van der Waals surface area contributed by atoms with Crippen LogP contribution in [0, 0.1) is 14.1 Å². The Morgan fingerprint density at radius 3 is 2.42 bits per heavy atom. The van der Waals surface area contributed by atoms with Crippen LogP contribution in [-0.2, 0) is 11.2 Å². The predicted molar refractivity (Wildman–Crippen MR) is 93.0 cm³/mol. The molecule has 0 spiro atoms. The van der Waals surface area contributed by atoms with Gasteiger partial charge in [0.05, 0.1) is 0 Å². The first-order chi connectivity index (χ1) is 11.3. The number of aryl methyl sites for hydroxylation is 1. The van der Waals surface area contributed by atoms with Crippen molar-refractivity contribution in [2.24, 2.45) is 0 Å². The van der Waals surface area contributed by atoms with Crippen LogP contribution in [0.5, 0.6) is 0 Å². The summed E-state index contributed by atoms with van der Waals surface area (Å²) < 4.78 is 8.09. The van der Waals surface area contributed by atoms with Crippen LogP contribution < -0.4 is 26.5 Å². The highest BCUT2D eigenvalue weighted by Crippen LogP contribution is 2.06. The molecule has 2 aromatic rings. The lowest BCUT2D eigenvalue weighted by Crippen LogP contribution is -3.61. The molecule has 0 unspecified atom stereocenters. The maximum Gasteiger partial charge on any atom is 0.407 e. The molecule has 0 heterocycles. The number of amides is 1. The summed E-state index contributed by atoms with van der Waals surface area (Å²) in [5.74, 6) is 0. The third-order valence-electron chi connectivity index (χ3n) is 3.24. The van der Waals surface area contributed by atoms with Gasteiger partial charge in [-0.25, -0.2) is 4.79 Å². The first-order valence-electron chi connectivity index (χ1n) is 8.10. The number of carbonyl (C=O) groups is 1. The summed E-state index contributed by atoms with van der Waals surface area (Å²) in [6, 6.07) is 17.3. The Bertz CT molecular complexity index is 675. The summed E-state index contributed by atoms with van der Waals surface area (Å²) in [5, 5.41) is 2.84. The van der Waals surface area contributed by atoms with Gasteiger partial charge in [0.1, 0.15) is 5.60 Å². The second-order valence-electron chi connectivity index (χ2n) is 6.66. The van der Waals surface area contributed by atoms with Gasteiger partial charge in [0, 0.05) is 12.1 Å². The minimum Gasteiger partial charge on any atom is -0.444 e. The number of carbonyl (C=O) groups excluding carboxylic acids is 1. The zero-order valence-electron chi connectivity index (χ0n) is 14.7. The molecule has 0 aromatic heterocycles. The Balaban J connectivity index is 1.94. The number of alkyl carbamates (subject to hydrolysis) is 1. The lowest BCUT2D eigenvalue weighted by Gasteiger charge is -2.19. The van der Waals surface area contributed by atoms with E-state index in [1.807, 2.05) is 20.8 Å². The number of halogens is 1. The van der Waals surface area contributed by atoms with Crippen molar-refractivity contribution < 1.29 is 30.7 Å². The molecule has 2 rings (SSSR count). The number of hydrogen-bond acceptors (Lipinski definition) is 2. The number of hydrogen-bond donors (Lipinski definition) is 1. The highest BCUT2D eigenvalue weighted by molar-refractivity contribution is 5.67. The van der Waals surface area contributed by atoms with E-state index in [1.165, 1.54) is 18.3 Å². The largest absolute Gasteiger partial charge is 0.444 e. The summed E-state index contributed by atoms with van der Waals surface area (Å²) in [6.07, 6.45) is 0.467. The van der Waals surface area contributed by atoms with E-state index < -0.39 is 5.60 Å². The van der Waals surface area contributed by atoms with Crippen molar-refractivity contribution in [1.29, 1.82) is 0 Å². The Morgan fingerprint density at radius 1 is 1.08 bits per heavy atom. The SMILES string of the molecule is Cc1ccc([I+]c2ccccc2CCNC(=O)OC(C)(C)C)cc1. The smallest absolute Gasteiger partial charge is 0.407 e. The highest BCUT2D eigenvalue weighted by atomic mass is 127. The van der Waals surface area contributed by atoms with Gasteiger partial charge in [-0.1, -0.05) is 35.9 Å². The molecule has 0 aliphatic carbocycles. The van der Waals surface area contributed by atoms with Crippen molar-refractivity contribution in [2.75, 3.05) is 6.54 Å². The Kier molecular flexibility index (Phi) is 6.66. The summed E-state index contributed by atoms with van der Waals surface area (Å²) in [7, 11) is 0. The minimum atomic E-state index is -0.459. The van der Waals surface area contributed by atoms with E-state index in [-0.39, 0.29) is 27.3 Å². The van der Waals surface area contributed by atoms with Crippen molar-refractivity contribution in [1.82, 2.24) is 5.32 Å². The molecule has 0 saturated heterocycles. The molecule has 0 bridgehead atoms. The van der Waals surface area contributed by atoms with Gasteiger partial charge in [-0.15, -0.1) is 0 Å². The molecule has 128 valence electrons. The van der Waals surface area contributed by atoms with Crippen LogP contribution in [-0.4, -0.2) is 18.2 Å². The summed E-state index contributed by atoms with van der Waals surface area (Å²) in [5.41, 5.74) is 2.14. The Labute approximate surface area is 155 Å². The average Bonchev–Trinajstić information content (AvgIpc) is 2.49. The van der Waals surface area contributed by atoms with Crippen LogP contribution in [0.2, 0.25) is 0 Å². The van der Waals surface area contributed by atoms with Gasteiger partial charge < -0.3 is 10.1 Å². The quantitative estimate of drug-likeness (QED) is 0.713. The van der Waals surface area contributed by atoms with Crippen LogP contribution in [0.25, 0.3) is 0 Å². The lowest BCUT2D eigenvalue weighted by molar-refractivity contribution is -0.598. The summed E-state index contributed by atoms with van der Waals surface area (Å²) in [4.78, 5) is 11.7. The first-order valence-corrected chi connectivity index (χ1v) is 10.3. The van der Waals surface area contributed by atoms with E-state index in [4.69, 9.17) is 4.74 Å². The van der Waals surface area contributed by atoms with E-state index >= 15 is 0 Å². The van der Waals surface area contributed by atoms with Crippen molar-refractivity contribution in [3.8, 4) is 0 Å². The van der Waals surface area contributed by atoms with Crippen molar-refractivity contribution in [3.63, 3.8) is 0 Å². The van der Waals surface area contributed by atoms with Crippen LogP contribution in [0.15, 0.2) is 48.5 Å². The number of rotatable bonds is 5. The maximum atomic E-state index is 11.7. The Morgan fingerprint density at radius 2 is 1.75 bits per heavy atom. The average molecular weight is 438 g/mol. The third kappa shape index (κ3) is 6.51. The number of nitrogens with one attached hydrogen (secondary N) is 1. The minimum absolute atomic E-state index is 0.206. The normalized spacial score (nSPS) is 11.2. The van der Waals surface area contributed by atoms with Gasteiger partial charge in [0.2, 0.25) is 0 Å². The molecule has 0 radical (unpaired) electrons. The van der Waals surface area contributed by atoms with E-state index in [0.29, 0.717) is 6.54 Å². The molecule has 3 nitrogen and oxygen atoms in total. The van der Waals surface area contributed by atoms with Crippen LogP contribution in [0.1, 0.15) is 31.9 Å². The van der Waals surface area contributed by atoms with Crippen molar-refractivity contribution >= 4 is 6.09 Å². The molecule has 0 atom stereocenters. The van der Waals surface area contributed by atoms with Crippen LogP contribution in [0.3, 0.4) is 0 Å². The van der Waals surface area contributed by atoms with Crippen LogP contribution in [0.4, 0.5) is 4.79 Å². The second kappa shape index (κ2) is 8.51. The zero-order valence-corrected chi connectivity index (χ0v) is 16.9. The van der Waals surface area contributed by atoms with E-state index in [0.717, 1.165) is 6.42 Å². The second-order valence-corrected chi connectivity index (χ2v) is 9.61. The molecule has 2 aromatic carbocycles. The van der Waals surface area contributed by atoms with E-state index in [2.05, 4.69) is 60.8 Å². The van der Waals surface area contributed by atoms with Gasteiger partial charge in [0.25, 0.3) is 0 Å². The fraction of sp³-hybridized carbons (Fsp3) is 0.350. The molecule has 4 heteroatoms. The fourth-order valence-corrected chi connectivity index (χ4v) is 4.69. The number of benzene rings is 2. The third-order valence-corrected chi connectivity index (χ3v) is 6.22. The van der Waals surface area contributed by atoms with Crippen molar-refractivity contribution in [2.45, 2.75) is 39.7 Å². The summed E-state index contributed by atoms with van der Waals surface area (Å²) in [6.45, 7) is 8.30. The molecule has 24 heavy (non-hydrogen) atoms. The lowest BCUT2D eigenvalue weighted by atomic mass is 10.1. The van der Waals surface area contributed by atoms with E-state index in [1.54, 1.807) is 0 Å². The van der Waals surface area contributed by atoms with Gasteiger partial charge in [-0.3, -0.25) is 0 Å². The first kappa shape index (κ1) is 18.8. The standard InChI is InChI=1S/C20H24INO2/c1-15-9-11-17(12-10-15)21-18-8-6-5-7-16(18)13-14-22-19(23)24-20(2,3)4/h5-12H,13-14H2,1-4H3/p+1. The van der Waals surface area contributed by atoms with Crippen molar-refractivity contribution in [3.05, 3.63) is 66.8 Å². The van der Waals surface area contributed by atoms with Crippen LogP contribution >= 0.6 is 0 Å². The van der Waals surface area contributed by atoms with Gasteiger partial charge in [-0.05, 0) is 52.3 Å². The van der Waals surface area contributed by atoms with Gasteiger partial charge in [0.15, 0.2) is 7.14 Å². The molecule has 1 amide bonds. The van der Waals surface area contributed by atoms with Gasteiger partial charge >= 0.3 is 27.3 Å². The van der Waals surface area contributed by atoms with Gasteiger partial charge in [-0.2, -0.15) is 0 Å². The molecule has 0 aliphatic rings. The molecule has 1 N–H and O–H groups in total. The zero-order chi connectivity index (χ0) is 17.6. The molecular weight excluding hydrogens is 413 g/mol. The molecule has 0 fully saturated rings. The highest BCUT2D eigenvalue weighted by Gasteiger charge is 2.20. The molecule has 0 saturated carbocycles. The fourth-order valence-electron chi connectivity index (χ4n) is 2.12. The molecule has 0 aliphatic heterocycles. The number of ether oxygens (including phenoxy) is 1. The molecular formula is C20H25INO2+. The van der Waals surface area contributed by atoms with E-state index in [9.17, 15) is 4.79 Å². The maximum absolute atomic E-state index is 11.7. The Hall–Kier alpha value is -1.56. The topological polar surface area (TPSA) is 38.3 Å². The summed E-state index contributed by atoms with van der Waals surface area (Å²) >= 11 is -0.206.